The van der Waals surface area contributed by atoms with Gasteiger partial charge < -0.3 is 0 Å². The first kappa shape index (κ1) is 29.6. The summed E-state index contributed by atoms with van der Waals surface area (Å²) in [4.78, 5) is 0. The number of hydrogen-bond donors (Lipinski definition) is 0. The summed E-state index contributed by atoms with van der Waals surface area (Å²) < 4.78 is 0. The lowest BCUT2D eigenvalue weighted by Gasteiger charge is -2.15. The van der Waals surface area contributed by atoms with E-state index in [9.17, 15) is 0 Å². The third kappa shape index (κ3) is 5.72. The summed E-state index contributed by atoms with van der Waals surface area (Å²) in [5.41, 5.74) is 9.54. The quantitative estimate of drug-likeness (QED) is 0.378. The van der Waals surface area contributed by atoms with Crippen molar-refractivity contribution in [2.45, 2.75) is 70.7 Å². The molecule has 30 heavy (non-hydrogen) atoms. The van der Waals surface area contributed by atoms with Crippen molar-refractivity contribution in [1.29, 1.82) is 0 Å². The van der Waals surface area contributed by atoms with E-state index in [1.165, 1.54) is 49.7 Å². The second kappa shape index (κ2) is 12.9. The average molecular weight is 405 g/mol. The largest absolute Gasteiger partial charge is 0.0776 e. The molecule has 0 bridgehead atoms. The summed E-state index contributed by atoms with van der Waals surface area (Å²) in [5.74, 6) is 0. The summed E-state index contributed by atoms with van der Waals surface area (Å²) in [6.07, 6.45) is 5.63. The van der Waals surface area contributed by atoms with Crippen molar-refractivity contribution in [2.24, 2.45) is 0 Å². The van der Waals surface area contributed by atoms with Crippen LogP contribution >= 0.6 is 0 Å². The van der Waals surface area contributed by atoms with Gasteiger partial charge in [-0.15, -0.1) is 0 Å². The van der Waals surface area contributed by atoms with Gasteiger partial charge in [-0.05, 0) is 65.8 Å². The van der Waals surface area contributed by atoms with Gasteiger partial charge in [-0.1, -0.05) is 121 Å². The number of hydrogen-bond acceptors (Lipinski definition) is 0. The number of fused-ring (bicyclic) bond motifs is 2. The molecule has 4 rings (SSSR count). The first-order valence-corrected chi connectivity index (χ1v) is 9.60. The fourth-order valence-electron chi connectivity index (χ4n) is 3.79. The van der Waals surface area contributed by atoms with Crippen molar-refractivity contribution in [1.82, 2.24) is 0 Å². The van der Waals surface area contributed by atoms with E-state index in [0.29, 0.717) is 0 Å². The van der Waals surface area contributed by atoms with Crippen LogP contribution in [0.2, 0.25) is 0 Å². The third-order valence-corrected chi connectivity index (χ3v) is 5.00. The molecule has 164 valence electrons. The van der Waals surface area contributed by atoms with E-state index in [1.807, 2.05) is 13.8 Å². The Hall–Kier alpha value is -2.60. The van der Waals surface area contributed by atoms with Crippen LogP contribution in [0.4, 0.5) is 0 Å². The smallest absolute Gasteiger partial charge is 0.00795 e. The van der Waals surface area contributed by atoms with Crippen LogP contribution in [0.1, 0.15) is 74.1 Å². The van der Waals surface area contributed by atoms with Gasteiger partial charge in [0.1, 0.15) is 0 Å². The van der Waals surface area contributed by atoms with Crippen LogP contribution in [0, 0.1) is 6.92 Å². The minimum atomic E-state index is 0. The van der Waals surface area contributed by atoms with Crippen molar-refractivity contribution in [3.05, 3.63) is 89.0 Å². The molecule has 0 heteroatoms. The predicted molar refractivity (Wildman–Crippen MR) is 144 cm³/mol. The molecule has 0 spiro atoms. The van der Waals surface area contributed by atoms with E-state index in [0.717, 1.165) is 6.42 Å². The van der Waals surface area contributed by atoms with Gasteiger partial charge in [0.25, 0.3) is 0 Å². The molecular formula is C30H44. The summed E-state index contributed by atoms with van der Waals surface area (Å²) in [7, 11) is 0. The van der Waals surface area contributed by atoms with E-state index in [2.05, 4.69) is 87.5 Å². The molecule has 0 amide bonds. The highest BCUT2D eigenvalue weighted by Gasteiger charge is 2.14. The Balaban J connectivity index is 0. The van der Waals surface area contributed by atoms with Crippen molar-refractivity contribution in [3.8, 4) is 11.1 Å². The lowest BCUT2D eigenvalue weighted by Crippen LogP contribution is -1.95. The number of allylic oxidation sites excluding steroid dienone is 4. The Labute approximate surface area is 187 Å². The molecule has 0 saturated carbocycles. The van der Waals surface area contributed by atoms with E-state index in [-0.39, 0.29) is 29.7 Å². The zero-order valence-corrected chi connectivity index (χ0v) is 16.6. The SMILES string of the molecule is C.C.C.C.CC.CC1=CCc2c(cccc2-c2cccc3ccc(C)cc23)C(C)=C1. The summed E-state index contributed by atoms with van der Waals surface area (Å²) in [5, 5.41) is 2.65. The lowest BCUT2D eigenvalue weighted by molar-refractivity contribution is 1.24. The van der Waals surface area contributed by atoms with Crippen molar-refractivity contribution >= 4 is 16.3 Å². The Kier molecular flexibility index (Phi) is 12.7. The lowest BCUT2D eigenvalue weighted by atomic mass is 9.88. The topological polar surface area (TPSA) is 0 Å². The number of rotatable bonds is 1. The van der Waals surface area contributed by atoms with Gasteiger partial charge in [-0.25, -0.2) is 0 Å². The monoisotopic (exact) mass is 404 g/mol. The second-order valence-electron chi connectivity index (χ2n) is 6.84. The molecule has 0 fully saturated rings. The molecular weight excluding hydrogens is 360 g/mol. The van der Waals surface area contributed by atoms with Crippen molar-refractivity contribution < 1.29 is 0 Å². The van der Waals surface area contributed by atoms with Gasteiger partial charge in [-0.2, -0.15) is 0 Å². The van der Waals surface area contributed by atoms with E-state index in [4.69, 9.17) is 0 Å². The number of aryl methyl sites for hydroxylation is 1. The zero-order valence-electron chi connectivity index (χ0n) is 16.6. The Bertz CT molecular complexity index is 1000. The first-order chi connectivity index (χ1) is 12.6. The van der Waals surface area contributed by atoms with Gasteiger partial charge >= 0.3 is 0 Å². The highest BCUT2D eigenvalue weighted by molar-refractivity contribution is 5.98. The summed E-state index contributed by atoms with van der Waals surface area (Å²) in [6.45, 7) is 10.6. The minimum absolute atomic E-state index is 0. The molecule has 0 heterocycles. The first-order valence-electron chi connectivity index (χ1n) is 9.60. The van der Waals surface area contributed by atoms with Gasteiger partial charge in [0.15, 0.2) is 0 Å². The van der Waals surface area contributed by atoms with Gasteiger partial charge in [-0.3, -0.25) is 0 Å². The second-order valence-corrected chi connectivity index (χ2v) is 6.84. The normalized spacial score (nSPS) is 11.4. The molecule has 0 atom stereocenters. The standard InChI is InChI=1S/C24H22.C2H6.4CH4/c1-16-11-13-23-20(18(3)14-16)7-5-9-21(23)22-8-4-6-19-12-10-17(2)15-24(19)22;1-2;;;;/h4-12,14-15H,13H2,1-3H3;1-2H3;4*1H4. The van der Waals surface area contributed by atoms with Crippen molar-refractivity contribution in [2.75, 3.05) is 0 Å². The van der Waals surface area contributed by atoms with E-state index >= 15 is 0 Å². The van der Waals surface area contributed by atoms with Crippen LogP contribution in [-0.4, -0.2) is 0 Å². The van der Waals surface area contributed by atoms with Crippen LogP contribution in [0.15, 0.2) is 72.3 Å². The maximum atomic E-state index is 2.34. The maximum Gasteiger partial charge on any atom is -0.00795 e. The minimum Gasteiger partial charge on any atom is -0.0776 e. The molecule has 0 radical (unpaired) electrons. The fraction of sp³-hybridized carbons (Fsp3) is 0.333. The highest BCUT2D eigenvalue weighted by Crippen LogP contribution is 2.36. The molecule has 3 aromatic rings. The zero-order chi connectivity index (χ0) is 18.7. The molecule has 0 unspecified atom stereocenters. The molecule has 3 aromatic carbocycles. The van der Waals surface area contributed by atoms with Gasteiger partial charge in [0, 0.05) is 0 Å². The molecule has 0 saturated heterocycles. The highest BCUT2D eigenvalue weighted by atomic mass is 14.2. The number of benzene rings is 3. The average Bonchev–Trinajstić information content (AvgIpc) is 2.81. The predicted octanol–water partition coefficient (Wildman–Crippen LogP) is 10.3. The Morgan fingerprint density at radius 1 is 0.667 bits per heavy atom. The van der Waals surface area contributed by atoms with Crippen LogP contribution < -0.4 is 0 Å². The van der Waals surface area contributed by atoms with Crippen LogP contribution in [0.25, 0.3) is 27.5 Å². The fourth-order valence-corrected chi connectivity index (χ4v) is 3.79. The van der Waals surface area contributed by atoms with Crippen LogP contribution in [-0.2, 0) is 6.42 Å². The van der Waals surface area contributed by atoms with Gasteiger partial charge in [0.05, 0.1) is 0 Å². The van der Waals surface area contributed by atoms with Crippen molar-refractivity contribution in [3.63, 3.8) is 0 Å². The summed E-state index contributed by atoms with van der Waals surface area (Å²) >= 11 is 0. The summed E-state index contributed by atoms with van der Waals surface area (Å²) in [6, 6.07) is 20.1. The maximum absolute atomic E-state index is 2.34. The molecule has 0 N–H and O–H groups in total. The molecule has 1 aliphatic rings. The molecule has 1 aliphatic carbocycles. The van der Waals surface area contributed by atoms with Gasteiger partial charge in [0.2, 0.25) is 0 Å². The Morgan fingerprint density at radius 3 is 1.97 bits per heavy atom. The van der Waals surface area contributed by atoms with E-state index < -0.39 is 0 Å². The molecule has 0 nitrogen and oxygen atoms in total. The molecule has 0 aliphatic heterocycles. The Morgan fingerprint density at radius 2 is 1.27 bits per heavy atom. The van der Waals surface area contributed by atoms with E-state index in [1.54, 1.807) is 0 Å². The van der Waals surface area contributed by atoms with Crippen LogP contribution in [0.5, 0.6) is 0 Å². The van der Waals surface area contributed by atoms with Crippen LogP contribution in [0.3, 0.4) is 0 Å². The molecule has 0 aromatic heterocycles. The third-order valence-electron chi connectivity index (χ3n) is 5.00.